The highest BCUT2D eigenvalue weighted by Gasteiger charge is 2.41. The molecule has 0 aromatic carbocycles. The standard InChI is InChI=1S/C19H36N4O/c1-16-13-22(14-17(2)24-16)11-6-10-21-18(20-3)23-12-9-19(15-23)7-4-5-8-19/h16-17H,4-15H2,1-3H3,(H,20,21). The average molecular weight is 337 g/mol. The Kier molecular flexibility index (Phi) is 6.03. The van der Waals surface area contributed by atoms with Crippen molar-refractivity contribution in [3.63, 3.8) is 0 Å². The number of nitrogens with one attached hydrogen (secondary N) is 1. The summed E-state index contributed by atoms with van der Waals surface area (Å²) in [5, 5.41) is 3.60. The van der Waals surface area contributed by atoms with E-state index in [1.165, 1.54) is 45.2 Å². The summed E-state index contributed by atoms with van der Waals surface area (Å²) < 4.78 is 5.81. The van der Waals surface area contributed by atoms with Gasteiger partial charge >= 0.3 is 0 Å². The summed E-state index contributed by atoms with van der Waals surface area (Å²) in [5.41, 5.74) is 0.609. The average Bonchev–Trinajstić information content (AvgIpc) is 3.17. The third kappa shape index (κ3) is 4.42. The van der Waals surface area contributed by atoms with Gasteiger partial charge in [-0.05, 0) is 44.9 Å². The second-order valence-corrected chi connectivity index (χ2v) is 8.22. The van der Waals surface area contributed by atoms with Crippen molar-refractivity contribution in [1.82, 2.24) is 15.1 Å². The van der Waals surface area contributed by atoms with E-state index in [9.17, 15) is 0 Å². The maximum Gasteiger partial charge on any atom is 0.193 e. The second-order valence-electron chi connectivity index (χ2n) is 8.22. The van der Waals surface area contributed by atoms with E-state index in [4.69, 9.17) is 4.74 Å². The number of aliphatic imine (C=N–C) groups is 1. The Balaban J connectivity index is 1.37. The molecule has 0 radical (unpaired) electrons. The van der Waals surface area contributed by atoms with Gasteiger partial charge in [0.25, 0.3) is 0 Å². The van der Waals surface area contributed by atoms with Crippen LogP contribution >= 0.6 is 0 Å². The molecule has 0 aromatic heterocycles. The van der Waals surface area contributed by atoms with Crippen LogP contribution in [0.5, 0.6) is 0 Å². The first-order valence-electron chi connectivity index (χ1n) is 9.94. The van der Waals surface area contributed by atoms with Gasteiger partial charge in [0.05, 0.1) is 12.2 Å². The second kappa shape index (κ2) is 8.05. The Labute approximate surface area is 147 Å². The molecule has 3 fully saturated rings. The maximum absolute atomic E-state index is 5.81. The van der Waals surface area contributed by atoms with Gasteiger partial charge in [-0.1, -0.05) is 12.8 Å². The normalized spacial score (nSPS) is 31.1. The molecule has 2 heterocycles. The topological polar surface area (TPSA) is 40.1 Å². The molecule has 2 unspecified atom stereocenters. The van der Waals surface area contributed by atoms with E-state index in [2.05, 4.69) is 34.0 Å². The number of hydrogen-bond acceptors (Lipinski definition) is 3. The third-order valence-corrected chi connectivity index (χ3v) is 6.04. The molecule has 1 N–H and O–H groups in total. The van der Waals surface area contributed by atoms with E-state index < -0.39 is 0 Å². The molecule has 2 saturated heterocycles. The number of nitrogens with zero attached hydrogens (tertiary/aromatic N) is 3. The first kappa shape index (κ1) is 18.0. The smallest absolute Gasteiger partial charge is 0.193 e. The fraction of sp³-hybridized carbons (Fsp3) is 0.947. The lowest BCUT2D eigenvalue weighted by Gasteiger charge is -2.35. The molecule has 0 bridgehead atoms. The van der Waals surface area contributed by atoms with Crippen molar-refractivity contribution in [2.24, 2.45) is 10.4 Å². The molecule has 5 heteroatoms. The molecule has 1 spiro atoms. The SMILES string of the molecule is CN=C(NCCCN1CC(C)OC(C)C1)N1CCC2(CCCC2)C1. The molecule has 1 aliphatic carbocycles. The van der Waals surface area contributed by atoms with Crippen LogP contribution in [0.1, 0.15) is 52.4 Å². The molecule has 1 saturated carbocycles. The first-order chi connectivity index (χ1) is 11.6. The van der Waals surface area contributed by atoms with Gasteiger partial charge in [0.15, 0.2) is 5.96 Å². The van der Waals surface area contributed by atoms with Crippen molar-refractivity contribution in [2.75, 3.05) is 46.3 Å². The fourth-order valence-corrected chi connectivity index (χ4v) is 4.95. The predicted molar refractivity (Wildman–Crippen MR) is 99.5 cm³/mol. The Hall–Kier alpha value is -0.810. The Morgan fingerprint density at radius 1 is 1.17 bits per heavy atom. The molecule has 0 aromatic rings. The molecular formula is C19H36N4O. The van der Waals surface area contributed by atoms with Gasteiger partial charge in [0.2, 0.25) is 0 Å². The molecule has 0 amide bonds. The molecule has 138 valence electrons. The minimum absolute atomic E-state index is 0.363. The lowest BCUT2D eigenvalue weighted by molar-refractivity contribution is -0.0679. The van der Waals surface area contributed by atoms with E-state index in [1.807, 2.05) is 7.05 Å². The van der Waals surface area contributed by atoms with E-state index in [1.54, 1.807) is 0 Å². The summed E-state index contributed by atoms with van der Waals surface area (Å²) in [5.74, 6) is 1.11. The largest absolute Gasteiger partial charge is 0.373 e. The van der Waals surface area contributed by atoms with Gasteiger partial charge in [0, 0.05) is 46.3 Å². The molecule has 2 atom stereocenters. The molecule has 5 nitrogen and oxygen atoms in total. The molecule has 3 aliphatic rings. The number of likely N-dealkylation sites (tertiary alicyclic amines) is 1. The van der Waals surface area contributed by atoms with Crippen LogP contribution in [-0.4, -0.2) is 74.3 Å². The quantitative estimate of drug-likeness (QED) is 0.486. The van der Waals surface area contributed by atoms with Gasteiger partial charge in [0.1, 0.15) is 0 Å². The van der Waals surface area contributed by atoms with Crippen LogP contribution in [0.15, 0.2) is 4.99 Å². The van der Waals surface area contributed by atoms with Gasteiger partial charge in [-0.3, -0.25) is 9.89 Å². The zero-order valence-electron chi connectivity index (χ0n) is 15.9. The first-order valence-corrected chi connectivity index (χ1v) is 9.94. The van der Waals surface area contributed by atoms with Crippen molar-refractivity contribution in [1.29, 1.82) is 0 Å². The minimum Gasteiger partial charge on any atom is -0.373 e. The number of rotatable bonds is 4. The Morgan fingerprint density at radius 3 is 2.54 bits per heavy atom. The van der Waals surface area contributed by atoms with Crippen molar-refractivity contribution in [2.45, 2.75) is 64.6 Å². The molecule has 3 rings (SSSR count). The molecule has 2 aliphatic heterocycles. The lowest BCUT2D eigenvalue weighted by Crippen LogP contribution is -2.46. The van der Waals surface area contributed by atoms with Crippen LogP contribution in [-0.2, 0) is 4.74 Å². The Bertz CT molecular complexity index is 423. The summed E-state index contributed by atoms with van der Waals surface area (Å²) in [6, 6.07) is 0. The summed E-state index contributed by atoms with van der Waals surface area (Å²) in [6.07, 6.45) is 8.95. The zero-order chi connectivity index (χ0) is 17.0. The molecule has 24 heavy (non-hydrogen) atoms. The van der Waals surface area contributed by atoms with Crippen LogP contribution < -0.4 is 5.32 Å². The maximum atomic E-state index is 5.81. The highest BCUT2D eigenvalue weighted by Crippen LogP contribution is 2.45. The fourth-order valence-electron chi connectivity index (χ4n) is 4.95. The Morgan fingerprint density at radius 2 is 1.88 bits per heavy atom. The zero-order valence-corrected chi connectivity index (χ0v) is 15.9. The van der Waals surface area contributed by atoms with Gasteiger partial charge in [-0.25, -0.2) is 0 Å². The predicted octanol–water partition coefficient (Wildman–Crippen LogP) is 2.33. The van der Waals surface area contributed by atoms with Crippen LogP contribution in [0.4, 0.5) is 0 Å². The summed E-state index contributed by atoms with van der Waals surface area (Å²) in [6.45, 7) is 11.0. The van der Waals surface area contributed by atoms with E-state index >= 15 is 0 Å². The monoisotopic (exact) mass is 336 g/mol. The summed E-state index contributed by atoms with van der Waals surface area (Å²) in [4.78, 5) is 9.56. The number of ether oxygens (including phenoxy) is 1. The summed E-state index contributed by atoms with van der Waals surface area (Å²) in [7, 11) is 1.92. The highest BCUT2D eigenvalue weighted by atomic mass is 16.5. The van der Waals surface area contributed by atoms with Crippen molar-refractivity contribution in [3.8, 4) is 0 Å². The van der Waals surface area contributed by atoms with E-state index in [0.29, 0.717) is 17.6 Å². The third-order valence-electron chi connectivity index (χ3n) is 6.04. The van der Waals surface area contributed by atoms with Crippen molar-refractivity contribution in [3.05, 3.63) is 0 Å². The van der Waals surface area contributed by atoms with Crippen molar-refractivity contribution >= 4 is 5.96 Å². The van der Waals surface area contributed by atoms with Crippen LogP contribution in [0, 0.1) is 5.41 Å². The van der Waals surface area contributed by atoms with Crippen LogP contribution in [0.3, 0.4) is 0 Å². The van der Waals surface area contributed by atoms with Crippen molar-refractivity contribution < 1.29 is 4.74 Å². The van der Waals surface area contributed by atoms with Gasteiger partial charge in [-0.2, -0.15) is 0 Å². The van der Waals surface area contributed by atoms with Crippen LogP contribution in [0.25, 0.3) is 0 Å². The van der Waals surface area contributed by atoms with Gasteiger partial charge in [-0.15, -0.1) is 0 Å². The minimum atomic E-state index is 0.363. The highest BCUT2D eigenvalue weighted by molar-refractivity contribution is 5.80. The molecular weight excluding hydrogens is 300 g/mol. The van der Waals surface area contributed by atoms with E-state index in [0.717, 1.165) is 38.6 Å². The summed E-state index contributed by atoms with van der Waals surface area (Å²) >= 11 is 0. The number of guanidine groups is 1. The van der Waals surface area contributed by atoms with E-state index in [-0.39, 0.29) is 0 Å². The van der Waals surface area contributed by atoms with Crippen LogP contribution in [0.2, 0.25) is 0 Å². The van der Waals surface area contributed by atoms with Gasteiger partial charge < -0.3 is 15.0 Å². The number of hydrogen-bond donors (Lipinski definition) is 1. The lowest BCUT2D eigenvalue weighted by atomic mass is 9.86. The number of morpholine rings is 1.